The van der Waals surface area contributed by atoms with Crippen molar-refractivity contribution < 1.29 is 24.0 Å². The molecule has 156 valence electrons. The highest BCUT2D eigenvalue weighted by Gasteiger charge is 2.29. The van der Waals surface area contributed by atoms with Gasteiger partial charge in [-0.15, -0.1) is 11.3 Å². The van der Waals surface area contributed by atoms with Crippen LogP contribution >= 0.6 is 11.3 Å². The van der Waals surface area contributed by atoms with Crippen molar-refractivity contribution in [1.29, 1.82) is 0 Å². The zero-order chi connectivity index (χ0) is 21.7. The number of carbonyl (C=O) groups excluding carboxylic acids is 3. The monoisotopic (exact) mass is 430 g/mol. The fraction of sp³-hybridized carbons (Fsp3) is 0.263. The van der Waals surface area contributed by atoms with Crippen LogP contribution in [0, 0.1) is 10.1 Å². The van der Waals surface area contributed by atoms with E-state index in [4.69, 9.17) is 4.74 Å². The molecule has 2 N–H and O–H groups in total. The number of nitro benzene ring substituents is 1. The molecule has 0 unspecified atom stereocenters. The summed E-state index contributed by atoms with van der Waals surface area (Å²) in [7, 11) is 0. The quantitative estimate of drug-likeness (QED) is 0.237. The van der Waals surface area contributed by atoms with Gasteiger partial charge in [-0.25, -0.2) is 10.2 Å². The Morgan fingerprint density at radius 3 is 2.77 bits per heavy atom. The van der Waals surface area contributed by atoms with E-state index in [2.05, 4.69) is 10.4 Å². The zero-order valence-electron chi connectivity index (χ0n) is 16.0. The van der Waals surface area contributed by atoms with Crippen LogP contribution in [0.4, 0.5) is 10.7 Å². The van der Waals surface area contributed by atoms with Crippen LogP contribution in [0.25, 0.3) is 0 Å². The van der Waals surface area contributed by atoms with E-state index in [-0.39, 0.29) is 22.9 Å². The number of benzene rings is 1. The highest BCUT2D eigenvalue weighted by Crippen LogP contribution is 2.39. The number of aryl methyl sites for hydroxylation is 1. The van der Waals surface area contributed by atoms with Gasteiger partial charge < -0.3 is 10.1 Å². The lowest BCUT2D eigenvalue weighted by Gasteiger charge is -2.07. The minimum Gasteiger partial charge on any atom is -0.462 e. The van der Waals surface area contributed by atoms with Crippen LogP contribution in [0.5, 0.6) is 0 Å². The number of hydrazone groups is 1. The molecule has 0 spiro atoms. The Labute approximate surface area is 175 Å². The molecule has 1 heterocycles. The highest BCUT2D eigenvalue weighted by atomic mass is 32.1. The second-order valence-electron chi connectivity index (χ2n) is 6.25. The molecule has 1 aromatic heterocycles. The Hall–Kier alpha value is -3.60. The zero-order valence-corrected chi connectivity index (χ0v) is 16.8. The number of ether oxygens (including phenoxy) is 1. The first-order chi connectivity index (χ1) is 14.4. The lowest BCUT2D eigenvalue weighted by Crippen LogP contribution is -2.32. The van der Waals surface area contributed by atoms with Crippen LogP contribution in [-0.2, 0) is 27.2 Å². The Morgan fingerprint density at radius 2 is 2.03 bits per heavy atom. The number of amides is 2. The number of hydrogen-bond donors (Lipinski definition) is 2. The summed E-state index contributed by atoms with van der Waals surface area (Å²) in [5, 5.41) is 17.3. The maximum absolute atomic E-state index is 12.3. The van der Waals surface area contributed by atoms with Crippen LogP contribution in [-0.4, -0.2) is 35.5 Å². The molecule has 0 atom stereocenters. The summed E-state index contributed by atoms with van der Waals surface area (Å²) in [6.45, 7) is 1.88. The molecule has 0 radical (unpaired) electrons. The lowest BCUT2D eigenvalue weighted by atomic mass is 10.1. The number of para-hydroxylation sites is 1. The number of thiophene rings is 1. The van der Waals surface area contributed by atoms with E-state index in [0.717, 1.165) is 29.5 Å². The van der Waals surface area contributed by atoms with Crippen LogP contribution < -0.4 is 10.7 Å². The number of esters is 1. The van der Waals surface area contributed by atoms with E-state index < -0.39 is 22.7 Å². The molecular weight excluding hydrogens is 412 g/mol. The van der Waals surface area contributed by atoms with Gasteiger partial charge in [0.25, 0.3) is 5.69 Å². The van der Waals surface area contributed by atoms with E-state index in [1.54, 1.807) is 13.0 Å². The summed E-state index contributed by atoms with van der Waals surface area (Å²) in [5.74, 6) is -2.63. The van der Waals surface area contributed by atoms with Crippen molar-refractivity contribution in [2.45, 2.75) is 26.2 Å². The summed E-state index contributed by atoms with van der Waals surface area (Å²) in [4.78, 5) is 48.0. The van der Waals surface area contributed by atoms with Crippen molar-refractivity contribution in [3.63, 3.8) is 0 Å². The summed E-state index contributed by atoms with van der Waals surface area (Å²) >= 11 is 1.25. The molecule has 3 rings (SSSR count). The van der Waals surface area contributed by atoms with Gasteiger partial charge in [0.05, 0.1) is 28.9 Å². The van der Waals surface area contributed by atoms with E-state index in [1.165, 1.54) is 29.5 Å². The van der Waals surface area contributed by atoms with Gasteiger partial charge in [0.15, 0.2) is 0 Å². The Balaban J connectivity index is 1.69. The Kier molecular flexibility index (Phi) is 6.52. The number of fused-ring (bicyclic) bond motifs is 1. The van der Waals surface area contributed by atoms with Gasteiger partial charge in [0.1, 0.15) is 5.00 Å². The van der Waals surface area contributed by atoms with Gasteiger partial charge in [-0.3, -0.25) is 19.7 Å². The third-order valence-corrected chi connectivity index (χ3v) is 5.54. The Bertz CT molecular complexity index is 1050. The normalized spacial score (nSPS) is 12.4. The van der Waals surface area contributed by atoms with Crippen LogP contribution in [0.3, 0.4) is 0 Å². The van der Waals surface area contributed by atoms with Crippen molar-refractivity contribution in [3.05, 3.63) is 55.9 Å². The predicted octanol–water partition coefficient (Wildman–Crippen LogP) is 2.41. The standard InChI is InChI=1S/C19H18N4O6S/c1-2-29-19(26)15-12-7-5-9-14(12)30-18(15)21-16(24)17(25)22-20-10-11-6-3-4-8-13(11)23(27)28/h3-4,6,8,10H,2,5,7,9H2,1H3,(H,21,24)(H,22,25)/b20-10+. The molecule has 0 fully saturated rings. The van der Waals surface area contributed by atoms with Crippen LogP contribution in [0.1, 0.15) is 39.7 Å². The minimum atomic E-state index is -1.08. The number of nitrogens with zero attached hydrogens (tertiary/aromatic N) is 2. The van der Waals surface area contributed by atoms with Crippen molar-refractivity contribution in [3.8, 4) is 0 Å². The number of rotatable bonds is 6. The molecule has 10 nitrogen and oxygen atoms in total. The lowest BCUT2D eigenvalue weighted by molar-refractivity contribution is -0.385. The molecule has 1 aliphatic rings. The van der Waals surface area contributed by atoms with Gasteiger partial charge in [-0.1, -0.05) is 12.1 Å². The molecule has 0 saturated carbocycles. The predicted molar refractivity (Wildman–Crippen MR) is 110 cm³/mol. The number of hydrogen-bond acceptors (Lipinski definition) is 8. The van der Waals surface area contributed by atoms with Crippen LogP contribution in [0.15, 0.2) is 29.4 Å². The molecule has 2 amide bonds. The number of nitrogens with one attached hydrogen (secondary N) is 2. The molecular formula is C19H18N4O6S. The molecule has 0 aliphatic heterocycles. The van der Waals surface area contributed by atoms with E-state index >= 15 is 0 Å². The van der Waals surface area contributed by atoms with Crippen molar-refractivity contribution in [2.24, 2.45) is 5.10 Å². The summed E-state index contributed by atoms with van der Waals surface area (Å²) < 4.78 is 5.08. The average molecular weight is 430 g/mol. The van der Waals surface area contributed by atoms with Crippen molar-refractivity contribution in [2.75, 3.05) is 11.9 Å². The molecule has 1 aliphatic carbocycles. The van der Waals surface area contributed by atoms with Crippen LogP contribution in [0.2, 0.25) is 0 Å². The van der Waals surface area contributed by atoms with E-state index in [1.807, 2.05) is 5.43 Å². The summed E-state index contributed by atoms with van der Waals surface area (Å²) in [6.07, 6.45) is 3.51. The third kappa shape index (κ3) is 4.51. The van der Waals surface area contributed by atoms with Gasteiger partial charge in [-0.2, -0.15) is 5.10 Å². The first-order valence-electron chi connectivity index (χ1n) is 9.11. The second kappa shape index (κ2) is 9.27. The third-order valence-electron chi connectivity index (χ3n) is 4.34. The first kappa shape index (κ1) is 21.1. The van der Waals surface area contributed by atoms with E-state index in [0.29, 0.717) is 12.0 Å². The van der Waals surface area contributed by atoms with Gasteiger partial charge in [0.2, 0.25) is 0 Å². The number of carbonyl (C=O) groups is 3. The maximum Gasteiger partial charge on any atom is 0.341 e. The Morgan fingerprint density at radius 1 is 1.27 bits per heavy atom. The molecule has 0 saturated heterocycles. The van der Waals surface area contributed by atoms with Crippen molar-refractivity contribution >= 4 is 46.0 Å². The summed E-state index contributed by atoms with van der Waals surface area (Å²) in [5.41, 5.74) is 3.15. The average Bonchev–Trinajstić information content (AvgIpc) is 3.28. The smallest absolute Gasteiger partial charge is 0.341 e. The maximum atomic E-state index is 12.3. The second-order valence-corrected chi connectivity index (χ2v) is 7.36. The molecule has 30 heavy (non-hydrogen) atoms. The number of anilines is 1. The minimum absolute atomic E-state index is 0.169. The highest BCUT2D eigenvalue weighted by molar-refractivity contribution is 7.17. The number of nitro groups is 1. The van der Waals surface area contributed by atoms with E-state index in [9.17, 15) is 24.5 Å². The topological polar surface area (TPSA) is 140 Å². The fourth-order valence-corrected chi connectivity index (χ4v) is 4.32. The molecule has 2 aromatic rings. The van der Waals surface area contributed by atoms with Crippen molar-refractivity contribution in [1.82, 2.24) is 5.43 Å². The molecule has 0 bridgehead atoms. The largest absolute Gasteiger partial charge is 0.462 e. The molecule has 1 aromatic carbocycles. The molecule has 11 heteroatoms. The van der Waals surface area contributed by atoms with Gasteiger partial charge in [-0.05, 0) is 37.8 Å². The van der Waals surface area contributed by atoms with Gasteiger partial charge in [0, 0.05) is 10.9 Å². The SMILES string of the molecule is CCOC(=O)c1c(NC(=O)C(=O)N/N=C/c2ccccc2[N+](=O)[O-])sc2c1CCC2. The summed E-state index contributed by atoms with van der Waals surface area (Å²) in [6, 6.07) is 5.83. The van der Waals surface area contributed by atoms with Gasteiger partial charge >= 0.3 is 17.8 Å². The fourth-order valence-electron chi connectivity index (χ4n) is 3.05. The first-order valence-corrected chi connectivity index (χ1v) is 9.93.